The van der Waals surface area contributed by atoms with Gasteiger partial charge in [-0.2, -0.15) is 5.26 Å². The van der Waals surface area contributed by atoms with Gasteiger partial charge < -0.3 is 10.6 Å². The van der Waals surface area contributed by atoms with Crippen LogP contribution in [0.3, 0.4) is 0 Å². The molecule has 0 saturated heterocycles. The van der Waals surface area contributed by atoms with Crippen molar-refractivity contribution >= 4 is 22.9 Å². The topological polar surface area (TPSA) is 90.7 Å². The van der Waals surface area contributed by atoms with E-state index in [2.05, 4.69) is 21.7 Å². The first-order valence-electron chi connectivity index (χ1n) is 8.40. The summed E-state index contributed by atoms with van der Waals surface area (Å²) in [4.78, 5) is 20.6. The summed E-state index contributed by atoms with van der Waals surface area (Å²) < 4.78 is 13.7. The Hall–Kier alpha value is -3.57. The number of urea groups is 1. The largest absolute Gasteiger partial charge is 0.327 e. The molecule has 0 aliphatic carbocycles. The van der Waals surface area contributed by atoms with Crippen molar-refractivity contribution in [1.29, 1.82) is 5.26 Å². The molecule has 2 N–H and O–H groups in total. The molecule has 0 radical (unpaired) electrons. The number of aromatic nitrogens is 2. The Balaban J connectivity index is 1.75. The van der Waals surface area contributed by atoms with Crippen molar-refractivity contribution < 1.29 is 9.18 Å². The van der Waals surface area contributed by atoms with Crippen LogP contribution in [-0.4, -0.2) is 16.0 Å². The number of hydrogen-bond donors (Lipinski definition) is 2. The summed E-state index contributed by atoms with van der Waals surface area (Å²) in [6.07, 6.45) is 2.65. The van der Waals surface area contributed by atoms with E-state index in [4.69, 9.17) is 10.2 Å². The molecule has 28 heavy (non-hydrogen) atoms. The molecule has 2 aromatic heterocycles. The van der Waals surface area contributed by atoms with Crippen LogP contribution >= 0.6 is 11.3 Å². The highest BCUT2D eigenvalue weighted by atomic mass is 32.1. The molecule has 3 aromatic rings. The van der Waals surface area contributed by atoms with Crippen LogP contribution in [-0.2, 0) is 0 Å². The van der Waals surface area contributed by atoms with E-state index < -0.39 is 11.9 Å². The molecule has 138 valence electrons. The molecule has 0 bridgehead atoms. The van der Waals surface area contributed by atoms with E-state index in [0.717, 1.165) is 23.0 Å². The molecule has 1 aromatic carbocycles. The minimum absolute atomic E-state index is 0.362. The van der Waals surface area contributed by atoms with Crippen molar-refractivity contribution in [2.24, 2.45) is 0 Å². The summed E-state index contributed by atoms with van der Waals surface area (Å²) in [5.74, 6) is -0.473. The van der Waals surface area contributed by atoms with E-state index in [-0.39, 0.29) is 6.03 Å². The summed E-state index contributed by atoms with van der Waals surface area (Å²) in [7, 11) is 0. The molecule has 6 nitrogen and oxygen atoms in total. The predicted octanol–water partition coefficient (Wildman–Crippen LogP) is 4.00. The Labute approximate surface area is 164 Å². The molecule has 0 saturated carbocycles. The number of allylic oxidation sites excluding steroid dienone is 1. The SMILES string of the molecule is CC1=C(c2nc(-c3ccc(C#N)cc3)cs2)C(c2cncc(F)c2)NC(=O)N1. The van der Waals surface area contributed by atoms with Gasteiger partial charge in [-0.25, -0.2) is 14.2 Å². The zero-order valence-electron chi connectivity index (χ0n) is 14.7. The Bertz CT molecular complexity index is 1130. The van der Waals surface area contributed by atoms with Crippen LogP contribution < -0.4 is 10.6 Å². The Morgan fingerprint density at radius 2 is 2.04 bits per heavy atom. The normalized spacial score (nSPS) is 16.3. The third-order valence-electron chi connectivity index (χ3n) is 4.37. The molecule has 1 unspecified atom stereocenters. The predicted molar refractivity (Wildman–Crippen MR) is 103 cm³/mol. The maximum Gasteiger partial charge on any atom is 0.319 e. The molecule has 1 aliphatic heterocycles. The quantitative estimate of drug-likeness (QED) is 0.706. The van der Waals surface area contributed by atoms with Crippen LogP contribution in [0.1, 0.15) is 29.1 Å². The number of pyridine rings is 1. The lowest BCUT2D eigenvalue weighted by molar-refractivity contribution is 0.240. The lowest BCUT2D eigenvalue weighted by Crippen LogP contribution is -2.42. The van der Waals surface area contributed by atoms with Crippen molar-refractivity contribution in [3.05, 3.63) is 75.8 Å². The van der Waals surface area contributed by atoms with Crippen molar-refractivity contribution in [2.45, 2.75) is 13.0 Å². The second kappa shape index (κ2) is 7.21. The van der Waals surface area contributed by atoms with E-state index in [1.807, 2.05) is 17.5 Å². The minimum Gasteiger partial charge on any atom is -0.327 e. The van der Waals surface area contributed by atoms with Crippen LogP contribution in [0.25, 0.3) is 16.8 Å². The fourth-order valence-corrected chi connectivity index (χ4v) is 4.02. The average molecular weight is 391 g/mol. The van der Waals surface area contributed by atoms with Crippen LogP contribution in [0.5, 0.6) is 0 Å². The second-order valence-corrected chi connectivity index (χ2v) is 7.09. The molecule has 0 fully saturated rings. The summed E-state index contributed by atoms with van der Waals surface area (Å²) >= 11 is 1.43. The van der Waals surface area contributed by atoms with Gasteiger partial charge in [0.25, 0.3) is 0 Å². The van der Waals surface area contributed by atoms with E-state index in [0.29, 0.717) is 21.8 Å². The van der Waals surface area contributed by atoms with Crippen molar-refractivity contribution in [1.82, 2.24) is 20.6 Å². The van der Waals surface area contributed by atoms with Crippen LogP contribution in [0, 0.1) is 17.1 Å². The number of rotatable bonds is 3. The van der Waals surface area contributed by atoms with Crippen LogP contribution in [0.2, 0.25) is 0 Å². The van der Waals surface area contributed by atoms with Gasteiger partial charge in [0.05, 0.1) is 29.6 Å². The summed E-state index contributed by atoms with van der Waals surface area (Å²) in [6.45, 7) is 1.79. The monoisotopic (exact) mass is 391 g/mol. The molecule has 4 rings (SSSR count). The fourth-order valence-electron chi connectivity index (χ4n) is 3.06. The number of halogens is 1. The van der Waals surface area contributed by atoms with Gasteiger partial charge in [0.2, 0.25) is 0 Å². The maximum absolute atomic E-state index is 13.7. The van der Waals surface area contributed by atoms with Gasteiger partial charge in [-0.15, -0.1) is 11.3 Å². The maximum atomic E-state index is 13.7. The van der Waals surface area contributed by atoms with Crippen molar-refractivity contribution in [3.63, 3.8) is 0 Å². The Morgan fingerprint density at radius 3 is 2.75 bits per heavy atom. The van der Waals surface area contributed by atoms with Gasteiger partial charge >= 0.3 is 6.03 Å². The molecule has 2 amide bonds. The van der Waals surface area contributed by atoms with Gasteiger partial charge in [-0.3, -0.25) is 4.98 Å². The number of nitrogens with zero attached hydrogens (tertiary/aromatic N) is 3. The minimum atomic E-state index is -0.558. The van der Waals surface area contributed by atoms with Crippen molar-refractivity contribution in [2.75, 3.05) is 0 Å². The van der Waals surface area contributed by atoms with E-state index >= 15 is 0 Å². The summed E-state index contributed by atoms with van der Waals surface area (Å²) in [5, 5.41) is 17.1. The number of carbonyl (C=O) groups is 1. The zero-order chi connectivity index (χ0) is 19.7. The van der Waals surface area contributed by atoms with E-state index in [9.17, 15) is 9.18 Å². The van der Waals surface area contributed by atoms with Crippen LogP contribution in [0.4, 0.5) is 9.18 Å². The first-order valence-corrected chi connectivity index (χ1v) is 9.28. The molecule has 3 heterocycles. The molecule has 1 atom stereocenters. The average Bonchev–Trinajstić information content (AvgIpc) is 3.17. The fraction of sp³-hybridized carbons (Fsp3) is 0.100. The summed E-state index contributed by atoms with van der Waals surface area (Å²) in [5.41, 5.74) is 4.18. The second-order valence-electron chi connectivity index (χ2n) is 6.23. The molecular formula is C20H14FN5OS. The third-order valence-corrected chi connectivity index (χ3v) is 5.25. The molecular weight excluding hydrogens is 377 g/mol. The Morgan fingerprint density at radius 1 is 1.25 bits per heavy atom. The number of carbonyl (C=O) groups excluding carboxylic acids is 1. The van der Waals surface area contributed by atoms with Gasteiger partial charge in [0.1, 0.15) is 10.8 Å². The number of nitriles is 1. The Kier molecular flexibility index (Phi) is 4.59. The number of nitrogens with one attached hydrogen (secondary N) is 2. The standard InChI is InChI=1S/C20H14FN5OS/c1-11-17(18(26-20(27)24-11)14-6-15(21)9-23-8-14)19-25-16(10-28-19)13-4-2-12(7-22)3-5-13/h2-6,8-10,18H,1H3,(H2,24,26,27). The first kappa shape index (κ1) is 17.8. The highest BCUT2D eigenvalue weighted by molar-refractivity contribution is 7.11. The summed E-state index contributed by atoms with van der Waals surface area (Å²) in [6, 6.07) is 9.68. The number of amides is 2. The number of benzene rings is 1. The van der Waals surface area contributed by atoms with Crippen molar-refractivity contribution in [3.8, 4) is 17.3 Å². The molecule has 0 spiro atoms. The lowest BCUT2D eigenvalue weighted by Gasteiger charge is -2.28. The van der Waals surface area contributed by atoms with Gasteiger partial charge in [-0.05, 0) is 25.1 Å². The highest BCUT2D eigenvalue weighted by Gasteiger charge is 2.30. The van der Waals surface area contributed by atoms with E-state index in [1.54, 1.807) is 19.1 Å². The smallest absolute Gasteiger partial charge is 0.319 e. The van der Waals surface area contributed by atoms with E-state index in [1.165, 1.54) is 23.6 Å². The van der Waals surface area contributed by atoms with Gasteiger partial charge in [0.15, 0.2) is 0 Å². The number of hydrogen-bond acceptors (Lipinski definition) is 5. The van der Waals surface area contributed by atoms with Gasteiger partial charge in [0, 0.05) is 34.0 Å². The highest BCUT2D eigenvalue weighted by Crippen LogP contribution is 2.37. The third kappa shape index (κ3) is 3.35. The van der Waals surface area contributed by atoms with Crippen LogP contribution in [0.15, 0.2) is 53.8 Å². The lowest BCUT2D eigenvalue weighted by atomic mass is 9.97. The molecule has 1 aliphatic rings. The first-order chi connectivity index (χ1) is 13.5. The number of thiazole rings is 1. The zero-order valence-corrected chi connectivity index (χ0v) is 15.5. The molecule has 8 heteroatoms. The van der Waals surface area contributed by atoms with Gasteiger partial charge in [-0.1, -0.05) is 12.1 Å².